The quantitative estimate of drug-likeness (QED) is 0.230. The lowest BCUT2D eigenvalue weighted by molar-refractivity contribution is 0.102. The molecule has 4 N–H and O–H groups in total. The Morgan fingerprint density at radius 1 is 1.12 bits per heavy atom. The van der Waals surface area contributed by atoms with Gasteiger partial charge in [0, 0.05) is 53.2 Å². The Morgan fingerprint density at radius 3 is 2.74 bits per heavy atom. The van der Waals surface area contributed by atoms with Crippen molar-refractivity contribution in [2.24, 2.45) is 12.0 Å². The van der Waals surface area contributed by atoms with Gasteiger partial charge < -0.3 is 15.4 Å². The molecule has 0 saturated heterocycles. The number of aromatic nitrogens is 5. The van der Waals surface area contributed by atoms with E-state index in [1.54, 1.807) is 68.0 Å². The van der Waals surface area contributed by atoms with Crippen molar-refractivity contribution in [3.63, 3.8) is 0 Å². The van der Waals surface area contributed by atoms with Crippen LogP contribution >= 0.6 is 0 Å². The van der Waals surface area contributed by atoms with Gasteiger partial charge in [0.15, 0.2) is 11.7 Å². The number of hydrogen-bond donors (Lipinski definition) is 4. The van der Waals surface area contributed by atoms with Gasteiger partial charge in [0.05, 0.1) is 23.5 Å². The number of aromatic hydroxyl groups is 1. The maximum atomic E-state index is 13.2. The summed E-state index contributed by atoms with van der Waals surface area (Å²) >= 11 is 0. The van der Waals surface area contributed by atoms with Crippen molar-refractivity contribution in [3.05, 3.63) is 89.4 Å². The van der Waals surface area contributed by atoms with Gasteiger partial charge in [-0.2, -0.15) is 10.2 Å². The molecule has 0 atom stereocenters. The number of hydrogen-bond acceptors (Lipinski definition) is 6. The molecule has 5 aromatic rings. The summed E-state index contributed by atoms with van der Waals surface area (Å²) in [6.45, 7) is 0. The highest BCUT2D eigenvalue weighted by atomic mass is 16.3. The SMILES string of the molecule is Cn1cc(C(=O)Nc2cccc(C(=O)c3ccc4[nH]c(O)c(C=Nc5ccn[nH]5)c4c3)c2)cn1. The average Bonchev–Trinajstić information content (AvgIpc) is 3.57. The number of nitrogens with one attached hydrogen (secondary N) is 3. The summed E-state index contributed by atoms with van der Waals surface area (Å²) in [5, 5.41) is 24.3. The van der Waals surface area contributed by atoms with Gasteiger partial charge in [-0.15, -0.1) is 0 Å². The zero-order valence-corrected chi connectivity index (χ0v) is 18.0. The Hall–Kier alpha value is -4.99. The molecule has 34 heavy (non-hydrogen) atoms. The Balaban J connectivity index is 1.42. The second-order valence-electron chi connectivity index (χ2n) is 7.61. The van der Waals surface area contributed by atoms with E-state index in [4.69, 9.17) is 0 Å². The summed E-state index contributed by atoms with van der Waals surface area (Å²) in [6, 6.07) is 13.5. The van der Waals surface area contributed by atoms with Crippen LogP contribution in [0.15, 0.2) is 72.1 Å². The molecule has 2 aromatic carbocycles. The summed E-state index contributed by atoms with van der Waals surface area (Å²) in [6.07, 6.45) is 6.16. The number of nitrogens with zero attached hydrogens (tertiary/aromatic N) is 4. The van der Waals surface area contributed by atoms with E-state index in [-0.39, 0.29) is 17.6 Å². The first-order valence-electron chi connectivity index (χ1n) is 10.3. The molecule has 0 aliphatic carbocycles. The number of carbonyl (C=O) groups excluding carboxylic acids is 2. The largest absolute Gasteiger partial charge is 0.494 e. The zero-order valence-electron chi connectivity index (χ0n) is 18.0. The number of carbonyl (C=O) groups is 2. The van der Waals surface area contributed by atoms with Crippen molar-refractivity contribution in [2.75, 3.05) is 5.32 Å². The molecule has 0 saturated carbocycles. The fraction of sp³-hybridized carbons (Fsp3) is 0.0417. The standard InChI is InChI=1S/C24H19N7O3/c1-31-13-16(11-27-31)23(33)28-17-4-2-3-14(9-17)22(32)15-5-6-20-18(10-15)19(24(34)29-20)12-25-21-7-8-26-30-21/h2-13,29,34H,1H3,(H,26,30)(H,28,33). The minimum atomic E-state index is -0.317. The molecule has 0 bridgehead atoms. The lowest BCUT2D eigenvalue weighted by Gasteiger charge is -2.07. The molecule has 0 unspecified atom stereocenters. The molecule has 168 valence electrons. The number of rotatable bonds is 6. The van der Waals surface area contributed by atoms with Crippen molar-refractivity contribution in [2.45, 2.75) is 0 Å². The number of aromatic amines is 2. The van der Waals surface area contributed by atoms with Crippen molar-refractivity contribution in [1.82, 2.24) is 25.0 Å². The number of ketones is 1. The molecule has 0 fully saturated rings. The summed E-state index contributed by atoms with van der Waals surface area (Å²) in [7, 11) is 1.73. The summed E-state index contributed by atoms with van der Waals surface area (Å²) in [5.41, 5.74) is 2.87. The van der Waals surface area contributed by atoms with Crippen LogP contribution in [0, 0.1) is 0 Å². The molecule has 10 nitrogen and oxygen atoms in total. The van der Waals surface area contributed by atoms with Gasteiger partial charge in [-0.25, -0.2) is 4.99 Å². The topological polar surface area (TPSA) is 141 Å². The first-order valence-corrected chi connectivity index (χ1v) is 10.3. The molecule has 10 heteroatoms. The Bertz CT molecular complexity index is 1540. The number of amides is 1. The summed E-state index contributed by atoms with van der Waals surface area (Å²) in [4.78, 5) is 32.8. The van der Waals surface area contributed by atoms with Gasteiger partial charge in [-0.1, -0.05) is 12.1 Å². The van der Waals surface area contributed by atoms with E-state index < -0.39 is 0 Å². The number of fused-ring (bicyclic) bond motifs is 1. The van der Waals surface area contributed by atoms with E-state index in [1.165, 1.54) is 17.1 Å². The van der Waals surface area contributed by atoms with E-state index in [2.05, 4.69) is 30.6 Å². The molecule has 1 amide bonds. The van der Waals surface area contributed by atoms with Crippen molar-refractivity contribution in [3.8, 4) is 5.88 Å². The van der Waals surface area contributed by atoms with Crippen LogP contribution in [0.2, 0.25) is 0 Å². The predicted octanol–water partition coefficient (Wildman–Crippen LogP) is 3.56. The molecular weight excluding hydrogens is 434 g/mol. The van der Waals surface area contributed by atoms with Gasteiger partial charge in [0.25, 0.3) is 5.91 Å². The number of benzene rings is 2. The highest BCUT2D eigenvalue weighted by Crippen LogP contribution is 2.28. The van der Waals surface area contributed by atoms with Gasteiger partial charge in [0.1, 0.15) is 5.82 Å². The van der Waals surface area contributed by atoms with Crippen LogP contribution in [0.1, 0.15) is 31.8 Å². The molecule has 3 heterocycles. The highest BCUT2D eigenvalue weighted by Gasteiger charge is 2.15. The molecule has 3 aromatic heterocycles. The minimum absolute atomic E-state index is 0.0528. The van der Waals surface area contributed by atoms with Crippen LogP contribution in [-0.4, -0.2) is 48.0 Å². The van der Waals surface area contributed by atoms with E-state index in [0.29, 0.717) is 44.7 Å². The Labute approximate surface area is 193 Å². The Kier molecular flexibility index (Phi) is 5.23. The second kappa shape index (κ2) is 8.51. The monoisotopic (exact) mass is 453 g/mol. The van der Waals surface area contributed by atoms with Crippen LogP contribution in [0.25, 0.3) is 10.9 Å². The number of anilines is 1. The molecule has 0 aliphatic rings. The molecular formula is C24H19N7O3. The number of aryl methyl sites for hydroxylation is 1. The van der Waals surface area contributed by atoms with Gasteiger partial charge in [-0.3, -0.25) is 19.4 Å². The van der Waals surface area contributed by atoms with Gasteiger partial charge >= 0.3 is 0 Å². The molecule has 0 aliphatic heterocycles. The van der Waals surface area contributed by atoms with Gasteiger partial charge in [0.2, 0.25) is 0 Å². The van der Waals surface area contributed by atoms with E-state index in [1.807, 2.05) is 0 Å². The van der Waals surface area contributed by atoms with Crippen LogP contribution in [0.4, 0.5) is 11.5 Å². The van der Waals surface area contributed by atoms with Crippen LogP contribution in [-0.2, 0) is 7.05 Å². The Morgan fingerprint density at radius 2 is 1.97 bits per heavy atom. The third-order valence-corrected chi connectivity index (χ3v) is 5.25. The number of aliphatic imine (C=N–C) groups is 1. The normalized spacial score (nSPS) is 11.3. The first kappa shape index (κ1) is 20.9. The predicted molar refractivity (Wildman–Crippen MR) is 127 cm³/mol. The third-order valence-electron chi connectivity index (χ3n) is 5.25. The average molecular weight is 453 g/mol. The van der Waals surface area contributed by atoms with Crippen molar-refractivity contribution in [1.29, 1.82) is 0 Å². The second-order valence-corrected chi connectivity index (χ2v) is 7.61. The third kappa shape index (κ3) is 4.07. The fourth-order valence-electron chi connectivity index (χ4n) is 3.57. The van der Waals surface area contributed by atoms with E-state index in [0.717, 1.165) is 0 Å². The lowest BCUT2D eigenvalue weighted by Crippen LogP contribution is -2.12. The van der Waals surface area contributed by atoms with Crippen LogP contribution in [0.3, 0.4) is 0 Å². The zero-order chi connectivity index (χ0) is 23.7. The highest BCUT2D eigenvalue weighted by molar-refractivity contribution is 6.13. The molecule has 5 rings (SSSR count). The first-order chi connectivity index (χ1) is 16.5. The summed E-state index contributed by atoms with van der Waals surface area (Å²) < 4.78 is 1.54. The van der Waals surface area contributed by atoms with E-state index >= 15 is 0 Å². The summed E-state index contributed by atoms with van der Waals surface area (Å²) in [5.74, 6) is -0.0614. The van der Waals surface area contributed by atoms with Gasteiger partial charge in [-0.05, 0) is 30.3 Å². The van der Waals surface area contributed by atoms with Crippen molar-refractivity contribution < 1.29 is 14.7 Å². The fourth-order valence-corrected chi connectivity index (χ4v) is 3.57. The van der Waals surface area contributed by atoms with Crippen LogP contribution < -0.4 is 5.32 Å². The maximum absolute atomic E-state index is 13.2. The number of H-pyrrole nitrogens is 2. The maximum Gasteiger partial charge on any atom is 0.258 e. The van der Waals surface area contributed by atoms with E-state index in [9.17, 15) is 14.7 Å². The molecule has 0 radical (unpaired) electrons. The van der Waals surface area contributed by atoms with Crippen molar-refractivity contribution >= 4 is 40.3 Å². The smallest absolute Gasteiger partial charge is 0.258 e. The molecule has 0 spiro atoms. The lowest BCUT2D eigenvalue weighted by atomic mass is 10.0. The van der Waals surface area contributed by atoms with Crippen LogP contribution in [0.5, 0.6) is 5.88 Å². The minimum Gasteiger partial charge on any atom is -0.494 e.